The van der Waals surface area contributed by atoms with Crippen molar-refractivity contribution < 1.29 is 8.42 Å². The fourth-order valence-corrected chi connectivity index (χ4v) is 5.01. The van der Waals surface area contributed by atoms with Gasteiger partial charge >= 0.3 is 0 Å². The van der Waals surface area contributed by atoms with Crippen molar-refractivity contribution in [1.82, 2.24) is 10.0 Å². The Kier molecular flexibility index (Phi) is 4.66. The van der Waals surface area contributed by atoms with Gasteiger partial charge in [0.1, 0.15) is 4.21 Å². The highest BCUT2D eigenvalue weighted by molar-refractivity contribution is 7.91. The number of aryl methyl sites for hydroxylation is 1. The van der Waals surface area contributed by atoms with Crippen LogP contribution in [0.25, 0.3) is 0 Å². The van der Waals surface area contributed by atoms with Crippen LogP contribution in [0.2, 0.25) is 4.34 Å². The van der Waals surface area contributed by atoms with E-state index in [9.17, 15) is 8.42 Å². The third-order valence-corrected chi connectivity index (χ3v) is 6.55. The summed E-state index contributed by atoms with van der Waals surface area (Å²) in [5, 5.41) is 3.26. The molecule has 1 atom stereocenters. The standard InChI is InChI=1S/C11H17ClN2O2S2/c1-8-7-10(17-11(8)12)18(15,16)14-9-3-2-5-13-6-4-9/h7,9,13-14H,2-6H2,1H3. The van der Waals surface area contributed by atoms with Gasteiger partial charge in [0.05, 0.1) is 4.34 Å². The monoisotopic (exact) mass is 308 g/mol. The van der Waals surface area contributed by atoms with E-state index in [2.05, 4.69) is 10.0 Å². The molecule has 0 bridgehead atoms. The predicted octanol–water partition coefficient (Wildman–Crippen LogP) is 2.13. The first-order chi connectivity index (χ1) is 8.49. The summed E-state index contributed by atoms with van der Waals surface area (Å²) in [6.45, 7) is 3.63. The SMILES string of the molecule is Cc1cc(S(=O)(=O)NC2CCCNCC2)sc1Cl. The summed E-state index contributed by atoms with van der Waals surface area (Å²) in [7, 11) is -3.42. The van der Waals surface area contributed by atoms with Gasteiger partial charge in [-0.15, -0.1) is 11.3 Å². The number of nitrogens with one attached hydrogen (secondary N) is 2. The van der Waals surface area contributed by atoms with E-state index in [1.165, 1.54) is 0 Å². The smallest absolute Gasteiger partial charge is 0.250 e. The molecule has 2 heterocycles. The van der Waals surface area contributed by atoms with Gasteiger partial charge in [0.2, 0.25) is 10.0 Å². The van der Waals surface area contributed by atoms with Crippen molar-refractivity contribution in [3.8, 4) is 0 Å². The Morgan fingerprint density at radius 1 is 1.44 bits per heavy atom. The third-order valence-electron chi connectivity index (χ3n) is 3.00. The maximum absolute atomic E-state index is 12.2. The average molecular weight is 309 g/mol. The minimum Gasteiger partial charge on any atom is -0.317 e. The zero-order valence-electron chi connectivity index (χ0n) is 10.2. The van der Waals surface area contributed by atoms with Gasteiger partial charge in [-0.3, -0.25) is 0 Å². The maximum atomic E-state index is 12.2. The number of thiophene rings is 1. The van der Waals surface area contributed by atoms with Crippen LogP contribution in [0.3, 0.4) is 0 Å². The summed E-state index contributed by atoms with van der Waals surface area (Å²) in [5.74, 6) is 0. The van der Waals surface area contributed by atoms with Crippen LogP contribution >= 0.6 is 22.9 Å². The summed E-state index contributed by atoms with van der Waals surface area (Å²) in [4.78, 5) is 0. The van der Waals surface area contributed by atoms with E-state index in [-0.39, 0.29) is 6.04 Å². The molecule has 0 saturated carbocycles. The number of rotatable bonds is 3. The summed E-state index contributed by atoms with van der Waals surface area (Å²) in [5.41, 5.74) is 0.810. The zero-order valence-corrected chi connectivity index (χ0v) is 12.6. The molecule has 1 saturated heterocycles. The first-order valence-electron chi connectivity index (χ1n) is 5.98. The van der Waals surface area contributed by atoms with E-state index in [1.54, 1.807) is 6.07 Å². The molecule has 2 rings (SSSR count). The van der Waals surface area contributed by atoms with Gasteiger partial charge in [-0.2, -0.15) is 0 Å². The van der Waals surface area contributed by atoms with Gasteiger partial charge in [-0.25, -0.2) is 13.1 Å². The molecule has 4 nitrogen and oxygen atoms in total. The molecule has 1 aliphatic heterocycles. The van der Waals surface area contributed by atoms with Gasteiger partial charge in [0.15, 0.2) is 0 Å². The number of halogens is 1. The fourth-order valence-electron chi connectivity index (χ4n) is 1.98. The highest BCUT2D eigenvalue weighted by atomic mass is 35.5. The quantitative estimate of drug-likeness (QED) is 0.899. The van der Waals surface area contributed by atoms with Gasteiger partial charge in [0, 0.05) is 6.04 Å². The normalized spacial score (nSPS) is 21.8. The molecule has 0 aromatic carbocycles. The summed E-state index contributed by atoms with van der Waals surface area (Å²) in [6.07, 6.45) is 2.71. The van der Waals surface area contributed by atoms with Crippen molar-refractivity contribution in [1.29, 1.82) is 0 Å². The van der Waals surface area contributed by atoms with Crippen LogP contribution in [0.1, 0.15) is 24.8 Å². The lowest BCUT2D eigenvalue weighted by Crippen LogP contribution is -2.35. The van der Waals surface area contributed by atoms with Gasteiger partial charge < -0.3 is 5.32 Å². The summed E-state index contributed by atoms with van der Waals surface area (Å²) in [6, 6.07) is 1.65. The Hall–Kier alpha value is -0.140. The molecule has 1 aromatic rings. The second kappa shape index (κ2) is 5.88. The molecule has 7 heteroatoms. The minimum atomic E-state index is -3.42. The summed E-state index contributed by atoms with van der Waals surface area (Å²) >= 11 is 7.04. The maximum Gasteiger partial charge on any atom is 0.250 e. The molecular weight excluding hydrogens is 292 g/mol. The van der Waals surface area contributed by atoms with Crippen LogP contribution in [-0.4, -0.2) is 27.5 Å². The van der Waals surface area contributed by atoms with Crippen molar-refractivity contribution in [3.63, 3.8) is 0 Å². The number of sulfonamides is 1. The van der Waals surface area contributed by atoms with Gasteiger partial charge in [-0.05, 0) is 50.9 Å². The molecule has 0 radical (unpaired) electrons. The number of hydrogen-bond acceptors (Lipinski definition) is 4. The molecule has 1 unspecified atom stereocenters. The Morgan fingerprint density at radius 3 is 2.89 bits per heavy atom. The highest BCUT2D eigenvalue weighted by Crippen LogP contribution is 2.30. The van der Waals surface area contributed by atoms with E-state index in [1.807, 2.05) is 6.92 Å². The largest absolute Gasteiger partial charge is 0.317 e. The van der Waals surface area contributed by atoms with Crippen LogP contribution < -0.4 is 10.0 Å². The molecule has 1 fully saturated rings. The van der Waals surface area contributed by atoms with Crippen LogP contribution in [-0.2, 0) is 10.0 Å². The van der Waals surface area contributed by atoms with Crippen molar-refractivity contribution >= 4 is 33.0 Å². The van der Waals surface area contributed by atoms with Crippen molar-refractivity contribution in [2.24, 2.45) is 0 Å². The highest BCUT2D eigenvalue weighted by Gasteiger charge is 2.23. The molecular formula is C11H17ClN2O2S2. The van der Waals surface area contributed by atoms with Crippen LogP contribution in [0, 0.1) is 6.92 Å². The third kappa shape index (κ3) is 3.45. The zero-order chi connectivity index (χ0) is 13.2. The van der Waals surface area contributed by atoms with Crippen molar-refractivity contribution in [2.75, 3.05) is 13.1 Å². The molecule has 1 aromatic heterocycles. The average Bonchev–Trinajstić information content (AvgIpc) is 2.53. The lowest BCUT2D eigenvalue weighted by molar-refractivity contribution is 0.519. The van der Waals surface area contributed by atoms with Gasteiger partial charge in [-0.1, -0.05) is 11.6 Å². The first kappa shape index (κ1) is 14.3. The van der Waals surface area contributed by atoms with Crippen LogP contribution in [0.4, 0.5) is 0 Å². The van der Waals surface area contributed by atoms with Crippen molar-refractivity contribution in [3.05, 3.63) is 16.0 Å². The van der Waals surface area contributed by atoms with E-state index in [0.29, 0.717) is 8.55 Å². The molecule has 18 heavy (non-hydrogen) atoms. The van der Waals surface area contributed by atoms with E-state index in [4.69, 9.17) is 11.6 Å². The van der Waals surface area contributed by atoms with Crippen LogP contribution in [0.5, 0.6) is 0 Å². The van der Waals surface area contributed by atoms with Crippen molar-refractivity contribution in [2.45, 2.75) is 36.4 Å². The minimum absolute atomic E-state index is 0.0196. The Bertz CT molecular complexity index is 486. The molecule has 0 amide bonds. The molecule has 1 aliphatic rings. The second-order valence-electron chi connectivity index (χ2n) is 4.52. The van der Waals surface area contributed by atoms with Crippen LogP contribution in [0.15, 0.2) is 10.3 Å². The lowest BCUT2D eigenvalue weighted by atomic mass is 10.1. The molecule has 102 valence electrons. The molecule has 0 aliphatic carbocycles. The second-order valence-corrected chi connectivity index (χ2v) is 8.12. The van der Waals surface area contributed by atoms with E-state index < -0.39 is 10.0 Å². The van der Waals surface area contributed by atoms with E-state index >= 15 is 0 Å². The fraction of sp³-hybridized carbons (Fsp3) is 0.636. The predicted molar refractivity (Wildman–Crippen MR) is 74.9 cm³/mol. The Balaban J connectivity index is 2.11. The first-order valence-corrected chi connectivity index (χ1v) is 8.66. The van der Waals surface area contributed by atoms with E-state index in [0.717, 1.165) is 49.3 Å². The number of hydrogen-bond donors (Lipinski definition) is 2. The van der Waals surface area contributed by atoms with Gasteiger partial charge in [0.25, 0.3) is 0 Å². The Labute approximate surface area is 117 Å². The molecule has 2 N–H and O–H groups in total. The Morgan fingerprint density at radius 2 is 2.22 bits per heavy atom. The lowest BCUT2D eigenvalue weighted by Gasteiger charge is -2.15. The molecule has 0 spiro atoms. The summed E-state index contributed by atoms with van der Waals surface area (Å²) < 4.78 is 28.0. The topological polar surface area (TPSA) is 58.2 Å².